The molecule has 204 valence electrons. The summed E-state index contributed by atoms with van der Waals surface area (Å²) in [7, 11) is 2.07. The number of benzene rings is 2. The Morgan fingerprint density at radius 3 is 2.63 bits per heavy atom. The maximum Gasteiger partial charge on any atom is 0.222 e. The molecule has 1 N–H and O–H groups in total. The third-order valence-electron chi connectivity index (χ3n) is 6.89. The predicted molar refractivity (Wildman–Crippen MR) is 145 cm³/mol. The highest BCUT2D eigenvalue weighted by Crippen LogP contribution is 2.22. The van der Waals surface area contributed by atoms with Crippen molar-refractivity contribution in [3.05, 3.63) is 72.1 Å². The van der Waals surface area contributed by atoms with E-state index in [-0.39, 0.29) is 30.6 Å². The van der Waals surface area contributed by atoms with Crippen LogP contribution in [0.4, 0.5) is 0 Å². The van der Waals surface area contributed by atoms with Gasteiger partial charge >= 0.3 is 0 Å². The molecule has 1 amide bonds. The number of aliphatic hydroxyl groups excluding tert-OH is 1. The summed E-state index contributed by atoms with van der Waals surface area (Å²) >= 11 is 0. The fourth-order valence-electron chi connectivity index (χ4n) is 4.66. The first-order valence-corrected chi connectivity index (χ1v) is 13.3. The molecule has 3 atom stereocenters. The third kappa shape index (κ3) is 7.86. The monoisotopic (exact) mass is 521 g/mol. The number of rotatable bonds is 8. The van der Waals surface area contributed by atoms with Gasteiger partial charge in [0.15, 0.2) is 0 Å². The summed E-state index contributed by atoms with van der Waals surface area (Å²) < 4.78 is 14.1. The molecule has 0 radical (unpaired) electrons. The van der Waals surface area contributed by atoms with Crippen molar-refractivity contribution in [1.82, 2.24) is 24.8 Å². The number of aryl methyl sites for hydroxylation is 1. The molecule has 0 fully saturated rings. The minimum atomic E-state index is -0.248. The molecule has 3 aromatic rings. The summed E-state index contributed by atoms with van der Waals surface area (Å²) in [6.45, 7) is 6.84. The van der Waals surface area contributed by atoms with Crippen molar-refractivity contribution in [3.63, 3.8) is 0 Å². The van der Waals surface area contributed by atoms with Crippen molar-refractivity contribution in [2.75, 3.05) is 26.7 Å². The lowest BCUT2D eigenvalue weighted by Crippen LogP contribution is -2.47. The molecule has 1 aromatic heterocycles. The van der Waals surface area contributed by atoms with Crippen LogP contribution in [0.2, 0.25) is 0 Å². The topological polar surface area (TPSA) is 93.0 Å². The average molecular weight is 522 g/mol. The molecule has 0 aliphatic carbocycles. The molecule has 0 spiro atoms. The standard InChI is InChI=1S/C29H39N5O4/c1-22-16-34(23(2)20-35)29(36)10-7-15-33-18-25(30-31-33)21-37-28(22)19-32(3)17-24-11-13-27(14-12-24)38-26-8-5-4-6-9-26/h4-6,8-9,11-14,18,22-23,28,35H,7,10,15-17,19-21H2,1-3H3/t22-,23-,28+/m0/s1. The number of ether oxygens (including phenoxy) is 2. The Balaban J connectivity index is 1.42. The first-order valence-electron chi connectivity index (χ1n) is 13.3. The number of para-hydroxylation sites is 1. The molecule has 2 bridgehead atoms. The molecule has 4 rings (SSSR count). The van der Waals surface area contributed by atoms with E-state index in [1.165, 1.54) is 5.56 Å². The summed E-state index contributed by atoms with van der Waals surface area (Å²) in [5.41, 5.74) is 1.95. The number of nitrogens with zero attached hydrogens (tertiary/aromatic N) is 5. The van der Waals surface area contributed by atoms with Crippen molar-refractivity contribution in [2.45, 2.75) is 58.5 Å². The number of aromatic nitrogens is 3. The van der Waals surface area contributed by atoms with Crippen LogP contribution < -0.4 is 4.74 Å². The largest absolute Gasteiger partial charge is 0.457 e. The van der Waals surface area contributed by atoms with Gasteiger partial charge in [0.2, 0.25) is 5.91 Å². The summed E-state index contributed by atoms with van der Waals surface area (Å²) in [5.74, 6) is 1.70. The number of likely N-dealkylation sites (N-methyl/N-ethyl adjacent to an activating group) is 1. The van der Waals surface area contributed by atoms with Crippen LogP contribution in [0.15, 0.2) is 60.8 Å². The van der Waals surface area contributed by atoms with Crippen molar-refractivity contribution in [2.24, 2.45) is 5.92 Å². The van der Waals surface area contributed by atoms with Gasteiger partial charge in [-0.15, -0.1) is 5.10 Å². The first kappa shape index (κ1) is 27.8. The van der Waals surface area contributed by atoms with E-state index >= 15 is 0 Å². The van der Waals surface area contributed by atoms with Crippen LogP contribution in [0, 0.1) is 5.92 Å². The molecule has 9 nitrogen and oxygen atoms in total. The van der Waals surface area contributed by atoms with Crippen LogP contribution in [0.1, 0.15) is 37.9 Å². The molecule has 0 saturated heterocycles. The molecular weight excluding hydrogens is 482 g/mol. The maximum absolute atomic E-state index is 13.0. The van der Waals surface area contributed by atoms with Crippen LogP contribution >= 0.6 is 0 Å². The minimum absolute atomic E-state index is 0.0444. The molecule has 1 aliphatic heterocycles. The van der Waals surface area contributed by atoms with Gasteiger partial charge in [0.25, 0.3) is 0 Å². The fraction of sp³-hybridized carbons (Fsp3) is 0.483. The van der Waals surface area contributed by atoms with Crippen LogP contribution in [0.3, 0.4) is 0 Å². The lowest BCUT2D eigenvalue weighted by molar-refractivity contribution is -0.136. The van der Waals surface area contributed by atoms with Crippen molar-refractivity contribution >= 4 is 5.91 Å². The number of hydrogen-bond donors (Lipinski definition) is 1. The van der Waals surface area contributed by atoms with Crippen molar-refractivity contribution in [3.8, 4) is 11.5 Å². The number of hydrogen-bond acceptors (Lipinski definition) is 7. The van der Waals surface area contributed by atoms with E-state index in [0.29, 0.717) is 39.1 Å². The Labute approximate surface area is 225 Å². The van der Waals surface area contributed by atoms with Gasteiger partial charge in [0, 0.05) is 38.5 Å². The zero-order chi connectivity index (χ0) is 26.9. The average Bonchev–Trinajstić information content (AvgIpc) is 3.38. The lowest BCUT2D eigenvalue weighted by atomic mass is 10.0. The minimum Gasteiger partial charge on any atom is -0.457 e. The smallest absolute Gasteiger partial charge is 0.222 e. The van der Waals surface area contributed by atoms with Gasteiger partial charge in [-0.1, -0.05) is 42.5 Å². The Morgan fingerprint density at radius 2 is 1.89 bits per heavy atom. The SMILES string of the molecule is C[C@H]1CN([C@@H](C)CO)C(=O)CCCn2cc(nn2)CO[C@@H]1CN(C)Cc1ccc(Oc2ccccc2)cc1. The predicted octanol–water partition coefficient (Wildman–Crippen LogP) is 3.73. The summed E-state index contributed by atoms with van der Waals surface area (Å²) in [6, 6.07) is 17.6. The van der Waals surface area contributed by atoms with Crippen LogP contribution in [0.25, 0.3) is 0 Å². The van der Waals surface area contributed by atoms with E-state index in [1.807, 2.05) is 55.6 Å². The molecular formula is C29H39N5O4. The lowest BCUT2D eigenvalue weighted by Gasteiger charge is -2.35. The third-order valence-corrected chi connectivity index (χ3v) is 6.89. The van der Waals surface area contributed by atoms with Gasteiger partial charge in [-0.05, 0) is 50.2 Å². The molecule has 0 unspecified atom stereocenters. The van der Waals surface area contributed by atoms with E-state index in [2.05, 4.69) is 41.3 Å². The zero-order valence-corrected chi connectivity index (χ0v) is 22.6. The highest BCUT2D eigenvalue weighted by molar-refractivity contribution is 5.76. The summed E-state index contributed by atoms with van der Waals surface area (Å²) in [5, 5.41) is 18.2. The Hall–Kier alpha value is -3.27. The summed E-state index contributed by atoms with van der Waals surface area (Å²) in [4.78, 5) is 17.1. The number of carbonyl (C=O) groups is 1. The molecule has 1 aliphatic rings. The molecule has 0 saturated carbocycles. The number of amides is 1. The van der Waals surface area contributed by atoms with Gasteiger partial charge < -0.3 is 19.5 Å². The van der Waals surface area contributed by atoms with Gasteiger partial charge in [-0.2, -0.15) is 0 Å². The van der Waals surface area contributed by atoms with E-state index in [9.17, 15) is 9.90 Å². The number of aliphatic hydroxyl groups is 1. The van der Waals surface area contributed by atoms with E-state index in [4.69, 9.17) is 9.47 Å². The van der Waals surface area contributed by atoms with E-state index in [1.54, 1.807) is 9.58 Å². The normalized spacial score (nSPS) is 19.9. The second-order valence-corrected chi connectivity index (χ2v) is 10.2. The maximum atomic E-state index is 13.0. The highest BCUT2D eigenvalue weighted by atomic mass is 16.5. The fourth-order valence-corrected chi connectivity index (χ4v) is 4.66. The van der Waals surface area contributed by atoms with Crippen LogP contribution in [-0.4, -0.2) is 74.7 Å². The Kier molecular flexibility index (Phi) is 9.86. The van der Waals surface area contributed by atoms with E-state index in [0.717, 1.165) is 23.7 Å². The molecule has 38 heavy (non-hydrogen) atoms. The van der Waals surface area contributed by atoms with Crippen molar-refractivity contribution < 1.29 is 19.4 Å². The van der Waals surface area contributed by atoms with Crippen LogP contribution in [0.5, 0.6) is 11.5 Å². The van der Waals surface area contributed by atoms with Gasteiger partial charge in [0.1, 0.15) is 17.2 Å². The molecule has 2 heterocycles. The number of carbonyl (C=O) groups excluding carboxylic acids is 1. The molecule has 9 heteroatoms. The zero-order valence-electron chi connectivity index (χ0n) is 22.6. The van der Waals surface area contributed by atoms with Gasteiger partial charge in [-0.3, -0.25) is 14.4 Å². The number of fused-ring (bicyclic) bond motifs is 2. The quantitative estimate of drug-likeness (QED) is 0.483. The second kappa shape index (κ2) is 13.5. The Bertz CT molecular complexity index is 1140. The van der Waals surface area contributed by atoms with Gasteiger partial charge in [0.05, 0.1) is 31.6 Å². The van der Waals surface area contributed by atoms with Gasteiger partial charge in [-0.25, -0.2) is 0 Å². The highest BCUT2D eigenvalue weighted by Gasteiger charge is 2.28. The van der Waals surface area contributed by atoms with Crippen molar-refractivity contribution in [1.29, 1.82) is 0 Å². The summed E-state index contributed by atoms with van der Waals surface area (Å²) in [6.07, 6.45) is 2.82. The second-order valence-electron chi connectivity index (χ2n) is 10.2. The van der Waals surface area contributed by atoms with E-state index < -0.39 is 0 Å². The first-order chi connectivity index (χ1) is 18.4. The Morgan fingerprint density at radius 1 is 1.16 bits per heavy atom. The molecule has 2 aromatic carbocycles. The van der Waals surface area contributed by atoms with Crippen LogP contribution in [-0.2, 0) is 29.2 Å².